The topological polar surface area (TPSA) is 16.1 Å². The van der Waals surface area contributed by atoms with Gasteiger partial charge in [-0.3, -0.25) is 0 Å². The van der Waals surface area contributed by atoms with Gasteiger partial charge in [-0.2, -0.15) is 0 Å². The molecule has 0 spiro atoms. The maximum atomic E-state index is 4.45. The van der Waals surface area contributed by atoms with Crippen molar-refractivity contribution < 1.29 is 0 Å². The van der Waals surface area contributed by atoms with Gasteiger partial charge in [0.15, 0.2) is 0 Å². The highest BCUT2D eigenvalue weighted by Gasteiger charge is 2.06. The highest BCUT2D eigenvalue weighted by atomic mass is 15.2. The fraction of sp³-hybridized carbons (Fsp3) is 0.417. The van der Waals surface area contributed by atoms with Gasteiger partial charge in [0.25, 0.3) is 0 Å². The first kappa shape index (κ1) is 10.8. The zero-order chi connectivity index (χ0) is 10.6. The van der Waals surface area contributed by atoms with E-state index < -0.39 is 0 Å². The molecule has 0 saturated carbocycles. The van der Waals surface area contributed by atoms with E-state index in [-0.39, 0.29) is 0 Å². The minimum atomic E-state index is 0.998. The van der Waals surface area contributed by atoms with E-state index in [1.165, 1.54) is 5.56 Å². The smallest absolute Gasteiger partial charge is 0.131 e. The number of rotatable bonds is 4. The molecule has 0 aliphatic carbocycles. The van der Waals surface area contributed by atoms with Crippen LogP contribution in [-0.4, -0.2) is 18.1 Å². The molecule has 0 saturated heterocycles. The van der Waals surface area contributed by atoms with Crippen LogP contribution in [0, 0.1) is 6.92 Å². The van der Waals surface area contributed by atoms with E-state index in [4.69, 9.17) is 0 Å². The Balaban J connectivity index is 3.03. The average Bonchev–Trinajstić information content (AvgIpc) is 2.22. The number of aryl methyl sites for hydroxylation is 1. The number of anilines is 1. The van der Waals surface area contributed by atoms with Crippen LogP contribution in [0.15, 0.2) is 18.8 Å². The third-order valence-electron chi connectivity index (χ3n) is 2.37. The first-order valence-corrected chi connectivity index (χ1v) is 5.07. The third kappa shape index (κ3) is 2.13. The predicted octanol–water partition coefficient (Wildman–Crippen LogP) is 2.88. The minimum Gasteiger partial charge on any atom is -0.357 e. The van der Waals surface area contributed by atoms with Crippen molar-refractivity contribution in [3.63, 3.8) is 0 Å². The Bertz CT molecular complexity index is 314. The largest absolute Gasteiger partial charge is 0.357 e. The maximum Gasteiger partial charge on any atom is 0.131 e. The molecule has 0 aliphatic heterocycles. The summed E-state index contributed by atoms with van der Waals surface area (Å²) in [5, 5.41) is 0. The Labute approximate surface area is 86.3 Å². The molecule has 0 radical (unpaired) electrons. The molecule has 1 aromatic heterocycles. The maximum absolute atomic E-state index is 4.45. The molecule has 0 unspecified atom stereocenters. The van der Waals surface area contributed by atoms with Gasteiger partial charge in [-0.05, 0) is 38.0 Å². The van der Waals surface area contributed by atoms with Crippen molar-refractivity contribution in [1.82, 2.24) is 4.98 Å². The Kier molecular flexibility index (Phi) is 3.69. The van der Waals surface area contributed by atoms with Crippen LogP contribution in [-0.2, 0) is 0 Å². The molecule has 0 amide bonds. The average molecular weight is 190 g/mol. The van der Waals surface area contributed by atoms with Gasteiger partial charge in [0.2, 0.25) is 0 Å². The fourth-order valence-electron chi connectivity index (χ4n) is 1.56. The first-order valence-electron chi connectivity index (χ1n) is 5.07. The van der Waals surface area contributed by atoms with E-state index in [1.54, 1.807) is 0 Å². The summed E-state index contributed by atoms with van der Waals surface area (Å²) in [7, 11) is 0. The van der Waals surface area contributed by atoms with Crippen LogP contribution in [0.4, 0.5) is 5.82 Å². The fourth-order valence-corrected chi connectivity index (χ4v) is 1.56. The second kappa shape index (κ2) is 4.80. The van der Waals surface area contributed by atoms with Gasteiger partial charge in [0.05, 0.1) is 0 Å². The molecule has 0 atom stereocenters. The normalized spacial score (nSPS) is 9.93. The van der Waals surface area contributed by atoms with Gasteiger partial charge in [0, 0.05) is 19.3 Å². The predicted molar refractivity (Wildman–Crippen MR) is 62.6 cm³/mol. The summed E-state index contributed by atoms with van der Waals surface area (Å²) < 4.78 is 0. The molecule has 0 aliphatic rings. The second-order valence-corrected chi connectivity index (χ2v) is 3.29. The van der Waals surface area contributed by atoms with Crippen LogP contribution in [0.3, 0.4) is 0 Å². The highest BCUT2D eigenvalue weighted by Crippen LogP contribution is 2.17. The van der Waals surface area contributed by atoms with Crippen LogP contribution >= 0.6 is 0 Å². The number of aromatic nitrogens is 1. The molecule has 76 valence electrons. The third-order valence-corrected chi connectivity index (χ3v) is 2.37. The minimum absolute atomic E-state index is 0.998. The number of hydrogen-bond acceptors (Lipinski definition) is 2. The SMILES string of the molecule is C=Cc1cnc(N(CC)CC)c(C)c1. The molecular weight excluding hydrogens is 172 g/mol. The summed E-state index contributed by atoms with van der Waals surface area (Å²) in [4.78, 5) is 6.70. The Morgan fingerprint density at radius 1 is 1.43 bits per heavy atom. The van der Waals surface area contributed by atoms with Gasteiger partial charge in [0.1, 0.15) is 5.82 Å². The lowest BCUT2D eigenvalue weighted by Gasteiger charge is -2.21. The van der Waals surface area contributed by atoms with E-state index in [0.29, 0.717) is 0 Å². The van der Waals surface area contributed by atoms with Crippen molar-refractivity contribution in [2.24, 2.45) is 0 Å². The molecular formula is C12H18N2. The van der Waals surface area contributed by atoms with Gasteiger partial charge in [-0.15, -0.1) is 0 Å². The van der Waals surface area contributed by atoms with E-state index >= 15 is 0 Å². The van der Waals surface area contributed by atoms with Crippen LogP contribution in [0.5, 0.6) is 0 Å². The van der Waals surface area contributed by atoms with Crippen LogP contribution in [0.25, 0.3) is 6.08 Å². The summed E-state index contributed by atoms with van der Waals surface area (Å²) >= 11 is 0. The van der Waals surface area contributed by atoms with Crippen molar-refractivity contribution >= 4 is 11.9 Å². The lowest BCUT2D eigenvalue weighted by Crippen LogP contribution is -2.23. The van der Waals surface area contributed by atoms with Gasteiger partial charge < -0.3 is 4.90 Å². The van der Waals surface area contributed by atoms with E-state index in [1.807, 2.05) is 12.3 Å². The zero-order valence-corrected chi connectivity index (χ0v) is 9.25. The molecule has 1 rings (SSSR count). The summed E-state index contributed by atoms with van der Waals surface area (Å²) in [5.74, 6) is 1.08. The molecule has 0 fully saturated rings. The van der Waals surface area contributed by atoms with Crippen LogP contribution < -0.4 is 4.90 Å². The highest BCUT2D eigenvalue weighted by molar-refractivity contribution is 5.54. The standard InChI is InChI=1S/C12H18N2/c1-5-11-8-10(4)12(13-9-11)14(6-2)7-3/h5,8-9H,1,6-7H2,2-4H3. The molecule has 0 bridgehead atoms. The van der Waals surface area contributed by atoms with Crippen molar-refractivity contribution in [2.45, 2.75) is 20.8 Å². The Morgan fingerprint density at radius 3 is 2.50 bits per heavy atom. The van der Waals surface area contributed by atoms with Crippen molar-refractivity contribution in [3.05, 3.63) is 30.0 Å². The van der Waals surface area contributed by atoms with E-state index in [2.05, 4.69) is 43.3 Å². The van der Waals surface area contributed by atoms with E-state index in [9.17, 15) is 0 Å². The van der Waals surface area contributed by atoms with Crippen molar-refractivity contribution in [2.75, 3.05) is 18.0 Å². The van der Waals surface area contributed by atoms with Crippen molar-refractivity contribution in [1.29, 1.82) is 0 Å². The Morgan fingerprint density at radius 2 is 2.07 bits per heavy atom. The number of pyridine rings is 1. The number of nitrogens with zero attached hydrogens (tertiary/aromatic N) is 2. The molecule has 14 heavy (non-hydrogen) atoms. The lowest BCUT2D eigenvalue weighted by atomic mass is 10.2. The van der Waals surface area contributed by atoms with Gasteiger partial charge in [-0.25, -0.2) is 4.98 Å². The summed E-state index contributed by atoms with van der Waals surface area (Å²) in [6.07, 6.45) is 3.69. The summed E-state index contributed by atoms with van der Waals surface area (Å²) in [6.45, 7) is 12.1. The Hall–Kier alpha value is -1.31. The first-order chi connectivity index (χ1) is 6.72. The monoisotopic (exact) mass is 190 g/mol. The van der Waals surface area contributed by atoms with E-state index in [0.717, 1.165) is 24.5 Å². The van der Waals surface area contributed by atoms with Gasteiger partial charge in [-0.1, -0.05) is 12.7 Å². The summed E-state index contributed by atoms with van der Waals surface area (Å²) in [5.41, 5.74) is 2.30. The molecule has 0 N–H and O–H groups in total. The molecule has 1 heterocycles. The molecule has 2 heteroatoms. The lowest BCUT2D eigenvalue weighted by molar-refractivity contribution is 0.840. The van der Waals surface area contributed by atoms with Crippen LogP contribution in [0.1, 0.15) is 25.0 Å². The quantitative estimate of drug-likeness (QED) is 0.725. The number of hydrogen-bond donors (Lipinski definition) is 0. The molecule has 1 aromatic rings. The molecule has 0 aromatic carbocycles. The molecule has 2 nitrogen and oxygen atoms in total. The second-order valence-electron chi connectivity index (χ2n) is 3.29. The van der Waals surface area contributed by atoms with Gasteiger partial charge >= 0.3 is 0 Å². The summed E-state index contributed by atoms with van der Waals surface area (Å²) in [6, 6.07) is 2.12. The van der Waals surface area contributed by atoms with Crippen LogP contribution in [0.2, 0.25) is 0 Å². The van der Waals surface area contributed by atoms with Crippen molar-refractivity contribution in [3.8, 4) is 0 Å². The zero-order valence-electron chi connectivity index (χ0n) is 9.25.